The lowest BCUT2D eigenvalue weighted by Crippen LogP contribution is -1.82. The van der Waals surface area contributed by atoms with Crippen LogP contribution in [0.15, 0.2) is 11.6 Å². The van der Waals surface area contributed by atoms with E-state index in [0.717, 1.165) is 18.4 Å². The van der Waals surface area contributed by atoms with Crippen LogP contribution in [0.25, 0.3) is 0 Å². The van der Waals surface area contributed by atoms with Crippen LogP contribution < -0.4 is 0 Å². The maximum Gasteiger partial charge on any atom is 0.0639 e. The summed E-state index contributed by atoms with van der Waals surface area (Å²) in [6, 6.07) is 0. The normalized spacial score (nSPS) is 10.5. The van der Waals surface area contributed by atoms with Crippen molar-refractivity contribution in [1.29, 1.82) is 0 Å². The molecule has 0 saturated heterocycles. The molecule has 0 spiro atoms. The molecule has 0 aromatic carbocycles. The van der Waals surface area contributed by atoms with E-state index >= 15 is 0 Å². The zero-order chi connectivity index (χ0) is 7.82. The van der Waals surface area contributed by atoms with Gasteiger partial charge in [0.05, 0.1) is 6.61 Å². The Hall–Kier alpha value is -0.740. The predicted molar refractivity (Wildman–Crippen MR) is 43.5 cm³/mol. The summed E-state index contributed by atoms with van der Waals surface area (Å²) in [5, 5.41) is 8.59. The fraction of sp³-hybridized carbons (Fsp3) is 0.556. The van der Waals surface area contributed by atoms with Crippen molar-refractivity contribution in [3.8, 4) is 11.8 Å². The van der Waals surface area contributed by atoms with Gasteiger partial charge >= 0.3 is 0 Å². The van der Waals surface area contributed by atoms with Crippen LogP contribution >= 0.6 is 0 Å². The van der Waals surface area contributed by atoms with Crippen molar-refractivity contribution in [3.05, 3.63) is 11.6 Å². The summed E-state index contributed by atoms with van der Waals surface area (Å²) in [6.45, 7) is 3.92. The van der Waals surface area contributed by atoms with Crippen LogP contribution in [0.1, 0.15) is 26.7 Å². The molecule has 1 nitrogen and oxygen atoms in total. The molecule has 0 fully saturated rings. The van der Waals surface area contributed by atoms with Gasteiger partial charge in [0.2, 0.25) is 0 Å². The van der Waals surface area contributed by atoms with Gasteiger partial charge in [-0.2, -0.15) is 0 Å². The van der Waals surface area contributed by atoms with Crippen molar-refractivity contribution in [2.45, 2.75) is 26.7 Å². The fourth-order valence-corrected chi connectivity index (χ4v) is 0.580. The van der Waals surface area contributed by atoms with Crippen LogP contribution in [0.4, 0.5) is 0 Å². The topological polar surface area (TPSA) is 20.2 Å². The molecule has 0 aliphatic heterocycles. The van der Waals surface area contributed by atoms with Crippen LogP contribution in [0.5, 0.6) is 0 Å². The Morgan fingerprint density at radius 2 is 2.30 bits per heavy atom. The second-order valence-electron chi connectivity index (χ2n) is 2.17. The number of hydrogen-bond acceptors (Lipinski definition) is 1. The van der Waals surface area contributed by atoms with Crippen molar-refractivity contribution in [3.63, 3.8) is 0 Å². The molecule has 0 heterocycles. The Morgan fingerprint density at radius 1 is 1.60 bits per heavy atom. The van der Waals surface area contributed by atoms with Gasteiger partial charge in [-0.1, -0.05) is 11.6 Å². The highest BCUT2D eigenvalue weighted by Crippen LogP contribution is 1.95. The van der Waals surface area contributed by atoms with Crippen LogP contribution in [-0.2, 0) is 0 Å². The second-order valence-corrected chi connectivity index (χ2v) is 2.17. The molecule has 0 aliphatic rings. The van der Waals surface area contributed by atoms with Gasteiger partial charge in [0.25, 0.3) is 0 Å². The van der Waals surface area contributed by atoms with E-state index in [4.69, 9.17) is 5.11 Å². The van der Waals surface area contributed by atoms with Gasteiger partial charge in [-0.3, -0.25) is 0 Å². The SMILES string of the molecule is CC#CCC/C=C(\C)CO. The fourth-order valence-electron chi connectivity index (χ4n) is 0.580. The van der Waals surface area contributed by atoms with Crippen LogP contribution in [0, 0.1) is 11.8 Å². The van der Waals surface area contributed by atoms with Crippen molar-refractivity contribution in [2.75, 3.05) is 6.61 Å². The smallest absolute Gasteiger partial charge is 0.0639 e. The Bertz CT molecular complexity index is 157. The van der Waals surface area contributed by atoms with Gasteiger partial charge in [-0.15, -0.1) is 11.8 Å². The van der Waals surface area contributed by atoms with E-state index in [9.17, 15) is 0 Å². The number of aliphatic hydroxyl groups is 1. The molecule has 0 unspecified atom stereocenters. The average Bonchev–Trinajstić information content (AvgIpc) is 1.98. The van der Waals surface area contributed by atoms with Gasteiger partial charge < -0.3 is 5.11 Å². The molecule has 0 aliphatic carbocycles. The van der Waals surface area contributed by atoms with E-state index in [0.29, 0.717) is 0 Å². The molecule has 0 amide bonds. The summed E-state index contributed by atoms with van der Waals surface area (Å²) >= 11 is 0. The molecule has 0 rings (SSSR count). The van der Waals surface area contributed by atoms with Crippen LogP contribution in [0.2, 0.25) is 0 Å². The van der Waals surface area contributed by atoms with Crippen molar-refractivity contribution < 1.29 is 5.11 Å². The lowest BCUT2D eigenvalue weighted by molar-refractivity contribution is 0.331. The van der Waals surface area contributed by atoms with Gasteiger partial charge in [0, 0.05) is 6.42 Å². The molecule has 0 saturated carbocycles. The summed E-state index contributed by atoms with van der Waals surface area (Å²) in [7, 11) is 0. The minimum atomic E-state index is 0.166. The van der Waals surface area contributed by atoms with E-state index in [1.165, 1.54) is 0 Å². The number of unbranched alkanes of at least 4 members (excludes halogenated alkanes) is 1. The summed E-state index contributed by atoms with van der Waals surface area (Å²) in [4.78, 5) is 0. The molecule has 0 radical (unpaired) electrons. The summed E-state index contributed by atoms with van der Waals surface area (Å²) < 4.78 is 0. The molecule has 0 bridgehead atoms. The maximum atomic E-state index is 8.59. The van der Waals surface area contributed by atoms with E-state index in [1.807, 2.05) is 19.9 Å². The number of rotatable bonds is 3. The Kier molecular flexibility index (Phi) is 5.91. The molecule has 0 atom stereocenters. The Morgan fingerprint density at radius 3 is 2.80 bits per heavy atom. The lowest BCUT2D eigenvalue weighted by atomic mass is 10.2. The van der Waals surface area contributed by atoms with Crippen molar-refractivity contribution >= 4 is 0 Å². The first kappa shape index (κ1) is 9.26. The highest BCUT2D eigenvalue weighted by molar-refractivity contribution is 5.02. The molecule has 0 aromatic rings. The molecule has 1 N–H and O–H groups in total. The highest BCUT2D eigenvalue weighted by Gasteiger charge is 1.82. The number of aliphatic hydroxyl groups excluding tert-OH is 1. The Balaban J connectivity index is 3.40. The summed E-state index contributed by atoms with van der Waals surface area (Å²) in [6.07, 6.45) is 3.87. The van der Waals surface area contributed by atoms with Crippen molar-refractivity contribution in [1.82, 2.24) is 0 Å². The summed E-state index contributed by atoms with van der Waals surface area (Å²) in [5.41, 5.74) is 1.03. The first-order chi connectivity index (χ1) is 4.81. The van der Waals surface area contributed by atoms with Gasteiger partial charge in [-0.25, -0.2) is 0 Å². The Labute approximate surface area is 62.8 Å². The first-order valence-electron chi connectivity index (χ1n) is 3.47. The van der Waals surface area contributed by atoms with Crippen molar-refractivity contribution in [2.24, 2.45) is 0 Å². The maximum absolute atomic E-state index is 8.59. The van der Waals surface area contributed by atoms with Crippen LogP contribution in [-0.4, -0.2) is 11.7 Å². The monoisotopic (exact) mass is 138 g/mol. The lowest BCUT2D eigenvalue weighted by Gasteiger charge is -1.90. The molecule has 0 aromatic heterocycles. The third-order valence-corrected chi connectivity index (χ3v) is 1.19. The van der Waals surface area contributed by atoms with Gasteiger partial charge in [-0.05, 0) is 20.3 Å². The zero-order valence-electron chi connectivity index (χ0n) is 6.65. The second kappa shape index (κ2) is 6.38. The van der Waals surface area contributed by atoms with E-state index in [-0.39, 0.29) is 6.61 Å². The average molecular weight is 138 g/mol. The third-order valence-electron chi connectivity index (χ3n) is 1.19. The zero-order valence-corrected chi connectivity index (χ0v) is 6.65. The van der Waals surface area contributed by atoms with E-state index in [2.05, 4.69) is 11.8 Å². The standard InChI is InChI=1S/C9H14O/c1-3-4-5-6-7-9(2)8-10/h7,10H,5-6,8H2,1-2H3/b9-7+. The number of hydrogen-bond donors (Lipinski definition) is 1. The van der Waals surface area contributed by atoms with Gasteiger partial charge in [0.1, 0.15) is 0 Å². The minimum absolute atomic E-state index is 0.166. The molecular formula is C9H14O. The van der Waals surface area contributed by atoms with Crippen LogP contribution in [0.3, 0.4) is 0 Å². The van der Waals surface area contributed by atoms with Gasteiger partial charge in [0.15, 0.2) is 0 Å². The first-order valence-corrected chi connectivity index (χ1v) is 3.47. The van der Waals surface area contributed by atoms with E-state index in [1.54, 1.807) is 0 Å². The molecular weight excluding hydrogens is 124 g/mol. The largest absolute Gasteiger partial charge is 0.392 e. The predicted octanol–water partition coefficient (Wildman–Crippen LogP) is 1.73. The minimum Gasteiger partial charge on any atom is -0.392 e. The number of allylic oxidation sites excluding steroid dienone is 1. The highest BCUT2D eigenvalue weighted by atomic mass is 16.3. The third kappa shape index (κ3) is 5.40. The summed E-state index contributed by atoms with van der Waals surface area (Å²) in [5.74, 6) is 5.77. The van der Waals surface area contributed by atoms with E-state index < -0.39 is 0 Å². The quantitative estimate of drug-likeness (QED) is 0.358. The molecule has 10 heavy (non-hydrogen) atoms. The molecule has 56 valence electrons. The molecule has 1 heteroatoms.